The van der Waals surface area contributed by atoms with Crippen LogP contribution in [0.3, 0.4) is 0 Å². The fourth-order valence-electron chi connectivity index (χ4n) is 1.31. The molecule has 1 aromatic carbocycles. The maximum Gasteiger partial charge on any atom is 0.414 e. The van der Waals surface area contributed by atoms with Crippen molar-refractivity contribution in [1.82, 2.24) is 4.57 Å². The number of carbonyl (C=O) groups is 3. The second kappa shape index (κ2) is 8.25. The first-order valence-corrected chi connectivity index (χ1v) is 7.42. The standard InChI is InChI=1S/C11H9BrN2OS.C2H2O4/c12-9-3-1-8(2-4-9)10(15)7-14-5-6-16-11(14)13;3-1(4)2(5)6/h1-6,13H,7H2;(H,3,4)(H,5,6). The number of Topliss-reactive ketones (excluding diaryl/α,β-unsaturated/α-hetero) is 1. The molecule has 1 heterocycles. The third kappa shape index (κ3) is 5.62. The van der Waals surface area contributed by atoms with Gasteiger partial charge in [-0.2, -0.15) is 0 Å². The number of aliphatic carboxylic acids is 2. The molecule has 0 spiro atoms. The van der Waals surface area contributed by atoms with Crippen LogP contribution >= 0.6 is 27.3 Å². The summed E-state index contributed by atoms with van der Waals surface area (Å²) in [5.74, 6) is -3.63. The number of nitrogens with zero attached hydrogens (tertiary/aromatic N) is 1. The number of carboxylic acids is 2. The van der Waals surface area contributed by atoms with Crippen molar-refractivity contribution < 1.29 is 24.6 Å². The largest absolute Gasteiger partial charge is 0.473 e. The number of carbonyl (C=O) groups excluding carboxylic acids is 1. The van der Waals surface area contributed by atoms with Crippen molar-refractivity contribution in [3.8, 4) is 0 Å². The molecule has 0 aliphatic rings. The lowest BCUT2D eigenvalue weighted by atomic mass is 10.1. The SMILES string of the molecule is N=c1sccn1CC(=O)c1ccc(Br)cc1.O=C(O)C(=O)O. The zero-order valence-electron chi connectivity index (χ0n) is 11.0. The Hall–Kier alpha value is -2.26. The smallest absolute Gasteiger partial charge is 0.414 e. The predicted molar refractivity (Wildman–Crippen MR) is 81.9 cm³/mol. The van der Waals surface area contributed by atoms with Crippen LogP contribution in [0.15, 0.2) is 40.3 Å². The highest BCUT2D eigenvalue weighted by molar-refractivity contribution is 9.10. The quantitative estimate of drug-likeness (QED) is 0.548. The number of benzene rings is 1. The molecule has 0 aliphatic carbocycles. The van der Waals surface area contributed by atoms with E-state index in [4.69, 9.17) is 25.2 Å². The van der Waals surface area contributed by atoms with Crippen molar-refractivity contribution >= 4 is 45.0 Å². The van der Waals surface area contributed by atoms with E-state index in [2.05, 4.69) is 15.9 Å². The van der Waals surface area contributed by atoms with Crippen LogP contribution in [-0.2, 0) is 16.1 Å². The lowest BCUT2D eigenvalue weighted by molar-refractivity contribution is -0.159. The van der Waals surface area contributed by atoms with Crippen LogP contribution in [0.5, 0.6) is 0 Å². The van der Waals surface area contributed by atoms with Gasteiger partial charge >= 0.3 is 11.9 Å². The summed E-state index contributed by atoms with van der Waals surface area (Å²) in [6, 6.07) is 7.24. The van der Waals surface area contributed by atoms with Gasteiger partial charge in [-0.3, -0.25) is 10.2 Å². The molecular weight excluding hydrogens is 376 g/mol. The molecule has 9 heteroatoms. The van der Waals surface area contributed by atoms with Gasteiger partial charge in [-0.15, -0.1) is 11.3 Å². The zero-order chi connectivity index (χ0) is 16.7. The minimum atomic E-state index is -1.82. The molecule has 0 bridgehead atoms. The highest BCUT2D eigenvalue weighted by Gasteiger charge is 2.06. The summed E-state index contributed by atoms with van der Waals surface area (Å²) >= 11 is 4.64. The minimum Gasteiger partial charge on any atom is -0.473 e. The average Bonchev–Trinajstić information content (AvgIpc) is 2.85. The topological polar surface area (TPSA) is 120 Å². The van der Waals surface area contributed by atoms with Gasteiger partial charge in [0.05, 0.1) is 6.54 Å². The van der Waals surface area contributed by atoms with Gasteiger partial charge in [-0.25, -0.2) is 9.59 Å². The maximum absolute atomic E-state index is 11.9. The van der Waals surface area contributed by atoms with Crippen LogP contribution in [0, 0.1) is 5.41 Å². The van der Waals surface area contributed by atoms with Crippen molar-refractivity contribution in [3.05, 3.63) is 50.7 Å². The van der Waals surface area contributed by atoms with Gasteiger partial charge in [-0.05, 0) is 12.1 Å². The van der Waals surface area contributed by atoms with E-state index in [9.17, 15) is 4.79 Å². The summed E-state index contributed by atoms with van der Waals surface area (Å²) in [5, 5.41) is 24.1. The summed E-state index contributed by atoms with van der Waals surface area (Å²) in [7, 11) is 0. The number of hydrogen-bond donors (Lipinski definition) is 3. The van der Waals surface area contributed by atoms with Crippen LogP contribution < -0.4 is 4.80 Å². The van der Waals surface area contributed by atoms with E-state index < -0.39 is 11.9 Å². The normalized spacial score (nSPS) is 9.50. The first-order chi connectivity index (χ1) is 10.3. The fourth-order valence-corrected chi connectivity index (χ4v) is 2.17. The Balaban J connectivity index is 0.000000346. The molecule has 3 N–H and O–H groups in total. The molecule has 1 aromatic heterocycles. The van der Waals surface area contributed by atoms with E-state index in [-0.39, 0.29) is 12.3 Å². The van der Waals surface area contributed by atoms with Crippen molar-refractivity contribution in [2.45, 2.75) is 6.54 Å². The number of carboxylic acid groups (broad SMARTS) is 2. The Morgan fingerprint density at radius 1 is 1.14 bits per heavy atom. The van der Waals surface area contributed by atoms with Crippen LogP contribution in [-0.4, -0.2) is 32.5 Å². The van der Waals surface area contributed by atoms with E-state index in [1.54, 1.807) is 28.3 Å². The number of thiazole rings is 1. The molecule has 0 amide bonds. The number of hydrogen-bond acceptors (Lipinski definition) is 5. The van der Waals surface area contributed by atoms with Gasteiger partial charge in [0.2, 0.25) is 0 Å². The molecule has 2 rings (SSSR count). The average molecular weight is 387 g/mol. The maximum atomic E-state index is 11.9. The fraction of sp³-hybridized carbons (Fsp3) is 0.0769. The molecule has 0 saturated carbocycles. The number of ketones is 1. The Kier molecular flexibility index (Phi) is 6.67. The molecular formula is C13H11BrN2O5S. The van der Waals surface area contributed by atoms with E-state index >= 15 is 0 Å². The molecule has 116 valence electrons. The molecule has 0 radical (unpaired) electrons. The lowest BCUT2D eigenvalue weighted by Gasteiger charge is -2.02. The zero-order valence-corrected chi connectivity index (χ0v) is 13.4. The van der Waals surface area contributed by atoms with Gasteiger partial charge in [0.1, 0.15) is 0 Å². The number of halogens is 1. The molecule has 2 aromatic rings. The summed E-state index contributed by atoms with van der Waals surface area (Å²) in [6.07, 6.45) is 1.75. The van der Waals surface area contributed by atoms with E-state index in [1.807, 2.05) is 12.1 Å². The third-order valence-corrected chi connectivity index (χ3v) is 3.59. The molecule has 0 aliphatic heterocycles. The monoisotopic (exact) mass is 386 g/mol. The van der Waals surface area contributed by atoms with Gasteiger partial charge in [0.25, 0.3) is 0 Å². The molecule has 22 heavy (non-hydrogen) atoms. The highest BCUT2D eigenvalue weighted by Crippen LogP contribution is 2.11. The van der Waals surface area contributed by atoms with Gasteiger partial charge in [-0.1, -0.05) is 28.1 Å². The highest BCUT2D eigenvalue weighted by atomic mass is 79.9. The molecule has 0 unspecified atom stereocenters. The van der Waals surface area contributed by atoms with Gasteiger partial charge in [0, 0.05) is 21.6 Å². The summed E-state index contributed by atoms with van der Waals surface area (Å²) < 4.78 is 2.59. The molecule has 0 atom stereocenters. The Bertz CT molecular complexity index is 723. The van der Waals surface area contributed by atoms with Crippen molar-refractivity contribution in [2.24, 2.45) is 0 Å². The lowest BCUT2D eigenvalue weighted by Crippen LogP contribution is -2.18. The van der Waals surface area contributed by atoms with E-state index in [0.29, 0.717) is 10.4 Å². The van der Waals surface area contributed by atoms with Gasteiger partial charge < -0.3 is 14.8 Å². The van der Waals surface area contributed by atoms with Crippen LogP contribution in [0.25, 0.3) is 0 Å². The summed E-state index contributed by atoms with van der Waals surface area (Å²) in [5.41, 5.74) is 0.668. The number of aromatic nitrogens is 1. The Morgan fingerprint density at radius 3 is 2.09 bits per heavy atom. The Labute approximate surface area is 137 Å². The Morgan fingerprint density at radius 2 is 1.68 bits per heavy atom. The van der Waals surface area contributed by atoms with Crippen molar-refractivity contribution in [3.63, 3.8) is 0 Å². The molecule has 0 fully saturated rings. The van der Waals surface area contributed by atoms with Crippen LogP contribution in [0.1, 0.15) is 10.4 Å². The van der Waals surface area contributed by atoms with Gasteiger partial charge in [0.15, 0.2) is 10.6 Å². The first kappa shape index (κ1) is 17.8. The summed E-state index contributed by atoms with van der Waals surface area (Å²) in [4.78, 5) is 30.5. The molecule has 7 nitrogen and oxygen atoms in total. The minimum absolute atomic E-state index is 0.0180. The third-order valence-electron chi connectivity index (χ3n) is 2.34. The second-order valence-electron chi connectivity index (χ2n) is 3.88. The van der Waals surface area contributed by atoms with E-state index in [0.717, 1.165) is 4.47 Å². The predicted octanol–water partition coefficient (Wildman–Crippen LogP) is 1.83. The first-order valence-electron chi connectivity index (χ1n) is 5.74. The molecule has 0 saturated heterocycles. The van der Waals surface area contributed by atoms with Crippen LogP contribution in [0.2, 0.25) is 0 Å². The van der Waals surface area contributed by atoms with Crippen molar-refractivity contribution in [2.75, 3.05) is 0 Å². The number of nitrogens with one attached hydrogen (secondary N) is 1. The summed E-state index contributed by atoms with van der Waals surface area (Å²) in [6.45, 7) is 0.226. The van der Waals surface area contributed by atoms with Crippen molar-refractivity contribution in [1.29, 1.82) is 5.41 Å². The number of rotatable bonds is 3. The van der Waals surface area contributed by atoms with E-state index in [1.165, 1.54) is 11.3 Å². The second-order valence-corrected chi connectivity index (χ2v) is 5.69. The van der Waals surface area contributed by atoms with Crippen LogP contribution in [0.4, 0.5) is 0 Å².